The van der Waals surface area contributed by atoms with Gasteiger partial charge in [0.25, 0.3) is 0 Å². The minimum absolute atomic E-state index is 0.159. The third-order valence-electron chi connectivity index (χ3n) is 7.87. The summed E-state index contributed by atoms with van der Waals surface area (Å²) in [5.74, 6) is 0. The lowest BCUT2D eigenvalue weighted by atomic mass is 9.96. The molecule has 0 spiro atoms. The molecule has 0 aliphatic heterocycles. The fourth-order valence-electron chi connectivity index (χ4n) is 5.34. The van der Waals surface area contributed by atoms with E-state index in [1.165, 1.54) is 0 Å². The third-order valence-corrected chi connectivity index (χ3v) is 7.87. The van der Waals surface area contributed by atoms with Crippen LogP contribution in [0.25, 0.3) is 0 Å². The molecule has 5 atom stereocenters. The number of carbonyl (C=O) groups excluding carboxylic acids is 1. The minimum Gasteiger partial charge on any atom is -0.444 e. The molecule has 0 aromatic heterocycles. The second-order valence-corrected chi connectivity index (χ2v) is 13.1. The molecule has 0 saturated heterocycles. The second-order valence-electron chi connectivity index (χ2n) is 13.1. The molecule has 0 unspecified atom stereocenters. The Hall–Kier alpha value is -4.09. The van der Waals surface area contributed by atoms with Gasteiger partial charge in [-0.05, 0) is 49.4 Å². The van der Waals surface area contributed by atoms with Crippen LogP contribution in [0.5, 0.6) is 0 Å². The molecule has 268 valence electrons. The number of rotatable bonds is 20. The van der Waals surface area contributed by atoms with Gasteiger partial charge < -0.3 is 39.2 Å². The number of aliphatic hydroxyl groups is 2. The Labute approximate surface area is 296 Å². The fourth-order valence-corrected chi connectivity index (χ4v) is 5.34. The highest BCUT2D eigenvalue weighted by molar-refractivity contribution is 5.67. The van der Waals surface area contributed by atoms with E-state index in [0.717, 1.165) is 22.3 Å². The molecular formula is C41H51NO8. The van der Waals surface area contributed by atoms with E-state index in [-0.39, 0.29) is 46.0 Å². The van der Waals surface area contributed by atoms with E-state index in [1.54, 1.807) is 20.8 Å². The fraction of sp³-hybridized carbons (Fsp3) is 0.390. The number of benzene rings is 4. The maximum atomic E-state index is 12.5. The van der Waals surface area contributed by atoms with Crippen molar-refractivity contribution in [3.8, 4) is 0 Å². The predicted octanol–water partition coefficient (Wildman–Crippen LogP) is 6.60. The maximum Gasteiger partial charge on any atom is 0.407 e. The van der Waals surface area contributed by atoms with Crippen molar-refractivity contribution in [1.82, 2.24) is 5.32 Å². The highest BCUT2D eigenvalue weighted by atomic mass is 16.6. The molecule has 0 aliphatic rings. The summed E-state index contributed by atoms with van der Waals surface area (Å²) < 4.78 is 31.2. The Kier molecular flexibility index (Phi) is 15.9. The van der Waals surface area contributed by atoms with Gasteiger partial charge in [-0.25, -0.2) is 4.79 Å². The standard InChI is InChI=1S/C41H51NO8/c1-41(2,3)50-40(45)42-25-24-35(46-27-31-16-8-4-9-17-31)37(44)39(49-30-34-22-14-7-15-23-34)38(48-29-33-20-12-6-13-21-33)36(26-43)47-28-32-18-10-5-11-19-32/h4-23,35-39,43-44H,24-30H2,1-3H3,(H,42,45)/t35-,36-,37+,38+,39+/m0/s1. The van der Waals surface area contributed by atoms with Crippen LogP contribution in [0.2, 0.25) is 0 Å². The van der Waals surface area contributed by atoms with Crippen molar-refractivity contribution in [2.24, 2.45) is 0 Å². The first-order valence-corrected chi connectivity index (χ1v) is 17.1. The molecule has 9 nitrogen and oxygen atoms in total. The summed E-state index contributed by atoms with van der Waals surface area (Å²) in [7, 11) is 0. The Balaban J connectivity index is 1.64. The number of amides is 1. The van der Waals surface area contributed by atoms with Crippen LogP contribution in [0, 0.1) is 0 Å². The lowest BCUT2D eigenvalue weighted by Crippen LogP contribution is -2.54. The molecule has 0 radical (unpaired) electrons. The van der Waals surface area contributed by atoms with Crippen LogP contribution in [0.3, 0.4) is 0 Å². The van der Waals surface area contributed by atoms with Gasteiger partial charge in [-0.3, -0.25) is 0 Å². The molecule has 0 saturated carbocycles. The average molecular weight is 686 g/mol. The molecule has 0 aliphatic carbocycles. The van der Waals surface area contributed by atoms with Gasteiger partial charge in [0, 0.05) is 6.54 Å². The normalized spacial score (nSPS) is 14.7. The second kappa shape index (κ2) is 20.6. The van der Waals surface area contributed by atoms with Gasteiger partial charge in [0.15, 0.2) is 0 Å². The van der Waals surface area contributed by atoms with Crippen molar-refractivity contribution in [3.63, 3.8) is 0 Å². The third kappa shape index (κ3) is 13.7. The number of hydrogen-bond acceptors (Lipinski definition) is 8. The first-order valence-electron chi connectivity index (χ1n) is 17.1. The predicted molar refractivity (Wildman–Crippen MR) is 192 cm³/mol. The Morgan fingerprint density at radius 2 is 0.980 bits per heavy atom. The van der Waals surface area contributed by atoms with Crippen molar-refractivity contribution < 1.29 is 38.7 Å². The first-order chi connectivity index (χ1) is 24.2. The maximum absolute atomic E-state index is 12.5. The highest BCUT2D eigenvalue weighted by Gasteiger charge is 2.40. The molecule has 0 heterocycles. The van der Waals surface area contributed by atoms with Crippen LogP contribution in [-0.2, 0) is 50.1 Å². The van der Waals surface area contributed by atoms with Crippen LogP contribution in [0.15, 0.2) is 121 Å². The number of hydrogen-bond donors (Lipinski definition) is 3. The average Bonchev–Trinajstić information content (AvgIpc) is 3.12. The van der Waals surface area contributed by atoms with Crippen molar-refractivity contribution >= 4 is 6.09 Å². The van der Waals surface area contributed by atoms with Crippen molar-refractivity contribution in [1.29, 1.82) is 0 Å². The van der Waals surface area contributed by atoms with E-state index in [1.807, 2.05) is 121 Å². The monoisotopic (exact) mass is 685 g/mol. The zero-order chi connectivity index (χ0) is 35.6. The molecule has 4 aromatic carbocycles. The topological polar surface area (TPSA) is 116 Å². The largest absolute Gasteiger partial charge is 0.444 e. The van der Waals surface area contributed by atoms with Crippen LogP contribution >= 0.6 is 0 Å². The zero-order valence-electron chi connectivity index (χ0n) is 29.2. The summed E-state index contributed by atoms with van der Waals surface area (Å²) in [6.07, 6.45) is -5.23. The van der Waals surface area contributed by atoms with E-state index < -0.39 is 42.2 Å². The van der Waals surface area contributed by atoms with Gasteiger partial charge in [-0.1, -0.05) is 121 Å². The molecule has 0 bridgehead atoms. The van der Waals surface area contributed by atoms with Crippen molar-refractivity contribution in [2.75, 3.05) is 13.2 Å². The summed E-state index contributed by atoms with van der Waals surface area (Å²) in [5.41, 5.74) is 2.98. The van der Waals surface area contributed by atoms with Crippen LogP contribution in [-0.4, -0.2) is 65.6 Å². The molecule has 4 aromatic rings. The Morgan fingerprint density at radius 1 is 0.600 bits per heavy atom. The summed E-state index contributed by atoms with van der Waals surface area (Å²) >= 11 is 0. The van der Waals surface area contributed by atoms with Crippen molar-refractivity contribution in [3.05, 3.63) is 144 Å². The van der Waals surface area contributed by atoms with Gasteiger partial charge in [0.2, 0.25) is 0 Å². The van der Waals surface area contributed by atoms with Crippen LogP contribution in [0.4, 0.5) is 4.79 Å². The number of carbonyl (C=O) groups is 1. The van der Waals surface area contributed by atoms with Gasteiger partial charge in [-0.2, -0.15) is 0 Å². The van der Waals surface area contributed by atoms with Crippen LogP contribution < -0.4 is 5.32 Å². The summed E-state index contributed by atoms with van der Waals surface area (Å²) in [6.45, 7) is 5.94. The Morgan fingerprint density at radius 3 is 1.38 bits per heavy atom. The molecule has 3 N–H and O–H groups in total. The quantitative estimate of drug-likeness (QED) is 0.0954. The van der Waals surface area contributed by atoms with Gasteiger partial charge in [-0.15, -0.1) is 0 Å². The van der Waals surface area contributed by atoms with E-state index in [2.05, 4.69) is 5.32 Å². The summed E-state index contributed by atoms with van der Waals surface area (Å²) in [4.78, 5) is 12.5. The minimum atomic E-state index is -1.27. The smallest absolute Gasteiger partial charge is 0.407 e. The van der Waals surface area contributed by atoms with Crippen molar-refractivity contribution in [2.45, 2.75) is 89.7 Å². The molecule has 0 fully saturated rings. The number of nitrogens with one attached hydrogen (secondary N) is 1. The van der Waals surface area contributed by atoms with E-state index >= 15 is 0 Å². The van der Waals surface area contributed by atoms with E-state index in [4.69, 9.17) is 23.7 Å². The lowest BCUT2D eigenvalue weighted by molar-refractivity contribution is -0.206. The SMILES string of the molecule is CC(C)(C)OC(=O)NCC[C@H](OCc1ccccc1)[C@@H](O)[C@@H](OCc1ccccc1)[C@H](OCc1ccccc1)[C@H](CO)OCc1ccccc1. The number of aliphatic hydroxyl groups excluding tert-OH is 2. The lowest BCUT2D eigenvalue weighted by Gasteiger charge is -2.38. The highest BCUT2D eigenvalue weighted by Crippen LogP contribution is 2.25. The number of ether oxygens (including phenoxy) is 5. The van der Waals surface area contributed by atoms with Crippen LogP contribution in [0.1, 0.15) is 49.4 Å². The molecule has 1 amide bonds. The summed E-state index contributed by atoms with van der Waals surface area (Å²) in [6, 6.07) is 38.6. The van der Waals surface area contributed by atoms with Gasteiger partial charge in [0.05, 0.1) is 39.1 Å². The zero-order valence-corrected chi connectivity index (χ0v) is 29.2. The Bertz CT molecular complexity index is 1490. The number of alkyl carbamates (subject to hydrolysis) is 1. The summed E-state index contributed by atoms with van der Waals surface area (Å²) in [5, 5.41) is 25.8. The first kappa shape index (κ1) is 38.7. The van der Waals surface area contributed by atoms with E-state index in [0.29, 0.717) is 0 Å². The van der Waals surface area contributed by atoms with Gasteiger partial charge in [0.1, 0.15) is 30.0 Å². The molecule has 4 rings (SSSR count). The van der Waals surface area contributed by atoms with E-state index in [9.17, 15) is 15.0 Å². The van der Waals surface area contributed by atoms with Gasteiger partial charge >= 0.3 is 6.09 Å². The molecular weight excluding hydrogens is 634 g/mol. The molecule has 9 heteroatoms. The molecule has 50 heavy (non-hydrogen) atoms.